The quantitative estimate of drug-likeness (QED) is 0.697. The molecule has 1 aromatic rings. The van der Waals surface area contributed by atoms with Crippen molar-refractivity contribution in [1.82, 2.24) is 0 Å². The van der Waals surface area contributed by atoms with Crippen molar-refractivity contribution in [2.24, 2.45) is 5.73 Å². The van der Waals surface area contributed by atoms with Crippen molar-refractivity contribution in [3.05, 3.63) is 40.7 Å². The molecular weight excluding hydrogens is 136 g/mol. The van der Waals surface area contributed by atoms with E-state index in [2.05, 4.69) is 17.4 Å². The van der Waals surface area contributed by atoms with Gasteiger partial charge in [-0.3, -0.25) is 0 Å². The second-order valence-corrected chi connectivity index (χ2v) is 2.49. The van der Waals surface area contributed by atoms with Gasteiger partial charge in [-0.25, -0.2) is 0 Å². The van der Waals surface area contributed by atoms with Crippen LogP contribution in [0.3, 0.4) is 0 Å². The maximum Gasteiger partial charge on any atom is 0.0178 e. The Kier molecular flexibility index (Phi) is 3.08. The van der Waals surface area contributed by atoms with Crippen LogP contribution in [-0.4, -0.2) is 7.05 Å². The van der Waals surface area contributed by atoms with Crippen LogP contribution in [0.25, 0.3) is 5.32 Å². The number of nitrogens with zero attached hydrogens (tertiary/aromatic N) is 1. The molecule has 60 valence electrons. The van der Waals surface area contributed by atoms with Crippen LogP contribution < -0.4 is 5.73 Å². The third kappa shape index (κ3) is 2.33. The van der Waals surface area contributed by atoms with Gasteiger partial charge in [0.15, 0.2) is 0 Å². The van der Waals surface area contributed by atoms with E-state index in [0.717, 1.165) is 6.54 Å². The monoisotopic (exact) mass is 149 g/mol. The molecule has 0 saturated carbocycles. The first-order valence-corrected chi connectivity index (χ1v) is 3.70. The van der Waals surface area contributed by atoms with E-state index in [0.29, 0.717) is 6.54 Å². The standard InChI is InChI=1S/C9H13N2/c1-11-7-9-4-2-8(6-10)3-5-9/h2-5H,6-7,10H2,1H3/q-1. The minimum atomic E-state index is 0.615. The van der Waals surface area contributed by atoms with Crippen LogP contribution in [-0.2, 0) is 13.1 Å². The van der Waals surface area contributed by atoms with Gasteiger partial charge in [0.05, 0.1) is 0 Å². The summed E-state index contributed by atoms with van der Waals surface area (Å²) in [5, 5.41) is 4.03. The molecule has 0 aromatic heterocycles. The van der Waals surface area contributed by atoms with E-state index in [1.54, 1.807) is 0 Å². The van der Waals surface area contributed by atoms with Crippen LogP contribution >= 0.6 is 0 Å². The first-order valence-electron chi connectivity index (χ1n) is 3.70. The summed E-state index contributed by atoms with van der Waals surface area (Å²) in [5.41, 5.74) is 7.86. The Morgan fingerprint density at radius 1 is 1.18 bits per heavy atom. The Balaban J connectivity index is 2.66. The molecule has 1 rings (SSSR count). The third-order valence-electron chi connectivity index (χ3n) is 1.60. The molecule has 0 aliphatic heterocycles. The lowest BCUT2D eigenvalue weighted by molar-refractivity contribution is 1.06. The predicted octanol–water partition coefficient (Wildman–Crippen LogP) is 1.65. The molecule has 0 aliphatic carbocycles. The molecule has 2 heteroatoms. The molecule has 1 aromatic carbocycles. The second-order valence-electron chi connectivity index (χ2n) is 2.49. The molecule has 0 saturated heterocycles. The largest absolute Gasteiger partial charge is 0.661 e. The van der Waals surface area contributed by atoms with Crippen molar-refractivity contribution in [1.29, 1.82) is 0 Å². The number of benzene rings is 1. The van der Waals surface area contributed by atoms with Crippen LogP contribution in [0.1, 0.15) is 11.1 Å². The Labute approximate surface area is 67.4 Å². The maximum atomic E-state index is 5.45. The van der Waals surface area contributed by atoms with Crippen molar-refractivity contribution >= 4 is 0 Å². The highest BCUT2D eigenvalue weighted by atomic mass is 14.8. The lowest BCUT2D eigenvalue weighted by atomic mass is 10.1. The van der Waals surface area contributed by atoms with Crippen LogP contribution in [0.2, 0.25) is 0 Å². The predicted molar refractivity (Wildman–Crippen MR) is 47.3 cm³/mol. The molecule has 0 amide bonds. The molecule has 2 nitrogen and oxygen atoms in total. The van der Waals surface area contributed by atoms with E-state index in [9.17, 15) is 0 Å². The average Bonchev–Trinajstić information content (AvgIpc) is 2.07. The molecule has 0 heterocycles. The fourth-order valence-electron chi connectivity index (χ4n) is 0.963. The van der Waals surface area contributed by atoms with E-state index >= 15 is 0 Å². The minimum absolute atomic E-state index is 0.615. The normalized spacial score (nSPS) is 10.0. The summed E-state index contributed by atoms with van der Waals surface area (Å²) in [5.74, 6) is 0. The summed E-state index contributed by atoms with van der Waals surface area (Å²) in [6.07, 6.45) is 0. The molecule has 11 heavy (non-hydrogen) atoms. The van der Waals surface area contributed by atoms with Gasteiger partial charge in [0, 0.05) is 6.54 Å². The molecule has 0 atom stereocenters. The first kappa shape index (κ1) is 8.24. The fraction of sp³-hybridized carbons (Fsp3) is 0.333. The van der Waals surface area contributed by atoms with Crippen molar-refractivity contribution in [2.45, 2.75) is 13.1 Å². The summed E-state index contributed by atoms with van der Waals surface area (Å²) in [6.45, 7) is 1.41. The Hall–Kier alpha value is -0.860. The van der Waals surface area contributed by atoms with Crippen LogP contribution in [0.15, 0.2) is 24.3 Å². The lowest BCUT2D eigenvalue weighted by Crippen LogP contribution is -1.95. The highest BCUT2D eigenvalue weighted by Gasteiger charge is 1.87. The zero-order valence-corrected chi connectivity index (χ0v) is 6.75. The van der Waals surface area contributed by atoms with E-state index < -0.39 is 0 Å². The highest BCUT2D eigenvalue weighted by molar-refractivity contribution is 5.23. The Bertz CT molecular complexity index is 203. The van der Waals surface area contributed by atoms with Gasteiger partial charge in [0.25, 0.3) is 0 Å². The van der Waals surface area contributed by atoms with Gasteiger partial charge in [-0.1, -0.05) is 29.8 Å². The summed E-state index contributed by atoms with van der Waals surface area (Å²) in [6, 6.07) is 8.21. The van der Waals surface area contributed by atoms with Gasteiger partial charge in [-0.15, -0.1) is 6.54 Å². The molecular formula is C9H13N2-. The van der Waals surface area contributed by atoms with Crippen molar-refractivity contribution < 1.29 is 0 Å². The van der Waals surface area contributed by atoms with Gasteiger partial charge in [-0.05, 0) is 5.56 Å². The first-order chi connectivity index (χ1) is 5.36. The van der Waals surface area contributed by atoms with Crippen LogP contribution in [0, 0.1) is 0 Å². The van der Waals surface area contributed by atoms with Gasteiger partial charge < -0.3 is 11.1 Å². The molecule has 0 aliphatic rings. The highest BCUT2D eigenvalue weighted by Crippen LogP contribution is 2.05. The number of hydrogen-bond acceptors (Lipinski definition) is 1. The third-order valence-corrected chi connectivity index (χ3v) is 1.60. The summed E-state index contributed by atoms with van der Waals surface area (Å²) in [4.78, 5) is 0. The average molecular weight is 149 g/mol. The molecule has 2 N–H and O–H groups in total. The van der Waals surface area contributed by atoms with Gasteiger partial charge in [-0.2, -0.15) is 7.05 Å². The topological polar surface area (TPSA) is 40.1 Å². The zero-order valence-electron chi connectivity index (χ0n) is 6.75. The van der Waals surface area contributed by atoms with Gasteiger partial charge in [0.1, 0.15) is 0 Å². The number of nitrogens with two attached hydrogens (primary N) is 1. The lowest BCUT2D eigenvalue weighted by Gasteiger charge is -2.10. The van der Waals surface area contributed by atoms with Gasteiger partial charge in [0.2, 0.25) is 0 Å². The molecule has 0 bridgehead atoms. The van der Waals surface area contributed by atoms with Crippen molar-refractivity contribution in [3.8, 4) is 0 Å². The zero-order chi connectivity index (χ0) is 8.10. The fourth-order valence-corrected chi connectivity index (χ4v) is 0.963. The Morgan fingerprint density at radius 2 is 1.73 bits per heavy atom. The van der Waals surface area contributed by atoms with Crippen molar-refractivity contribution in [2.75, 3.05) is 7.05 Å². The minimum Gasteiger partial charge on any atom is -0.661 e. The van der Waals surface area contributed by atoms with E-state index in [-0.39, 0.29) is 0 Å². The molecule has 0 radical (unpaired) electrons. The maximum absolute atomic E-state index is 5.45. The summed E-state index contributed by atoms with van der Waals surface area (Å²) in [7, 11) is 1.82. The number of hydrogen-bond donors (Lipinski definition) is 1. The van der Waals surface area contributed by atoms with E-state index in [1.807, 2.05) is 19.2 Å². The SMILES string of the molecule is C[N-]Cc1ccc(CN)cc1. The summed E-state index contributed by atoms with van der Waals surface area (Å²) >= 11 is 0. The van der Waals surface area contributed by atoms with Crippen molar-refractivity contribution in [3.63, 3.8) is 0 Å². The summed E-state index contributed by atoms with van der Waals surface area (Å²) < 4.78 is 0. The van der Waals surface area contributed by atoms with Crippen LogP contribution in [0.5, 0.6) is 0 Å². The Morgan fingerprint density at radius 3 is 2.18 bits per heavy atom. The van der Waals surface area contributed by atoms with Gasteiger partial charge >= 0.3 is 0 Å². The second kappa shape index (κ2) is 4.11. The molecule has 0 fully saturated rings. The smallest absolute Gasteiger partial charge is 0.0178 e. The molecule has 0 spiro atoms. The van der Waals surface area contributed by atoms with E-state index in [4.69, 9.17) is 5.73 Å². The van der Waals surface area contributed by atoms with Crippen LogP contribution in [0.4, 0.5) is 0 Å². The van der Waals surface area contributed by atoms with E-state index in [1.165, 1.54) is 11.1 Å². The number of rotatable bonds is 3. The molecule has 0 unspecified atom stereocenters.